The highest BCUT2D eigenvalue weighted by Crippen LogP contribution is 2.38. The standard InChI is InChI=1S/C29H39FN4O4/c1-18(2)14-22(15-27(35)31-21-12-10-20(30)11-13-21)32-29(36)23-16-24(34(33-23)17-19(3)4)28-25(37-5)8-7-9-26(28)38-6/h7-13,16,18-19,22-23,33H,14-15,17H2,1-6H3,(H,31,35)(H,32,36)/t22-,23?/m0/s1. The smallest absolute Gasteiger partial charge is 0.243 e. The number of halogens is 1. The molecule has 0 spiro atoms. The maximum absolute atomic E-state index is 13.5. The van der Waals surface area contributed by atoms with E-state index in [1.807, 2.05) is 43.1 Å². The van der Waals surface area contributed by atoms with Gasteiger partial charge in [-0.15, -0.1) is 0 Å². The minimum Gasteiger partial charge on any atom is -0.496 e. The number of carbonyl (C=O) groups excluding carboxylic acids is 2. The van der Waals surface area contributed by atoms with Crippen LogP contribution in [0.4, 0.5) is 10.1 Å². The van der Waals surface area contributed by atoms with E-state index in [-0.39, 0.29) is 36.0 Å². The number of nitrogens with one attached hydrogen (secondary N) is 3. The Hall–Kier alpha value is -3.59. The Morgan fingerprint density at radius 3 is 2.18 bits per heavy atom. The molecule has 3 rings (SSSR count). The highest BCUT2D eigenvalue weighted by Gasteiger charge is 2.33. The number of hydrogen-bond donors (Lipinski definition) is 3. The van der Waals surface area contributed by atoms with Gasteiger partial charge < -0.3 is 25.1 Å². The van der Waals surface area contributed by atoms with Gasteiger partial charge in [-0.2, -0.15) is 0 Å². The quantitative estimate of drug-likeness (QED) is 0.375. The van der Waals surface area contributed by atoms with Crippen molar-refractivity contribution in [2.24, 2.45) is 11.8 Å². The number of amides is 2. The lowest BCUT2D eigenvalue weighted by molar-refractivity contribution is -0.123. The summed E-state index contributed by atoms with van der Waals surface area (Å²) in [7, 11) is 3.21. The van der Waals surface area contributed by atoms with Crippen LogP contribution < -0.4 is 25.5 Å². The van der Waals surface area contributed by atoms with Gasteiger partial charge in [-0.1, -0.05) is 33.8 Å². The zero-order valence-corrected chi connectivity index (χ0v) is 23.0. The van der Waals surface area contributed by atoms with Crippen LogP contribution in [0.3, 0.4) is 0 Å². The van der Waals surface area contributed by atoms with E-state index in [1.165, 1.54) is 24.3 Å². The zero-order chi connectivity index (χ0) is 27.8. The molecule has 1 unspecified atom stereocenters. The summed E-state index contributed by atoms with van der Waals surface area (Å²) < 4.78 is 24.4. The number of nitrogens with zero attached hydrogens (tertiary/aromatic N) is 1. The number of methoxy groups -OCH3 is 2. The summed E-state index contributed by atoms with van der Waals surface area (Å²) in [5.41, 5.74) is 5.37. The second-order valence-electron chi connectivity index (χ2n) is 10.3. The number of carbonyl (C=O) groups is 2. The van der Waals surface area contributed by atoms with Crippen LogP contribution in [-0.4, -0.2) is 49.7 Å². The van der Waals surface area contributed by atoms with Crippen molar-refractivity contribution >= 4 is 23.2 Å². The molecular weight excluding hydrogens is 487 g/mol. The molecule has 38 heavy (non-hydrogen) atoms. The molecule has 1 aliphatic heterocycles. The van der Waals surface area contributed by atoms with Crippen LogP contribution in [-0.2, 0) is 9.59 Å². The molecule has 3 N–H and O–H groups in total. The van der Waals surface area contributed by atoms with E-state index in [9.17, 15) is 14.0 Å². The first-order chi connectivity index (χ1) is 18.1. The highest BCUT2D eigenvalue weighted by molar-refractivity contribution is 5.92. The largest absolute Gasteiger partial charge is 0.496 e. The minimum atomic E-state index is -0.645. The van der Waals surface area contributed by atoms with Gasteiger partial charge in [-0.25, -0.2) is 9.82 Å². The van der Waals surface area contributed by atoms with Gasteiger partial charge >= 0.3 is 0 Å². The van der Waals surface area contributed by atoms with E-state index in [0.717, 1.165) is 11.3 Å². The molecule has 0 bridgehead atoms. The third-order valence-corrected chi connectivity index (χ3v) is 6.09. The third kappa shape index (κ3) is 7.71. The van der Waals surface area contributed by atoms with Crippen LogP contribution in [0.2, 0.25) is 0 Å². The molecule has 0 saturated heterocycles. The summed E-state index contributed by atoms with van der Waals surface area (Å²) in [5, 5.41) is 7.79. The Morgan fingerprint density at radius 2 is 1.63 bits per heavy atom. The summed E-state index contributed by atoms with van der Waals surface area (Å²) in [5.74, 6) is 1.00. The number of benzene rings is 2. The molecule has 2 atom stereocenters. The first kappa shape index (κ1) is 29.0. The lowest BCUT2D eigenvalue weighted by Crippen LogP contribution is -2.50. The van der Waals surface area contributed by atoms with Crippen LogP contribution in [0, 0.1) is 17.7 Å². The van der Waals surface area contributed by atoms with Gasteiger partial charge in [0.2, 0.25) is 11.8 Å². The van der Waals surface area contributed by atoms with Gasteiger partial charge in [-0.3, -0.25) is 9.59 Å². The zero-order valence-electron chi connectivity index (χ0n) is 23.0. The summed E-state index contributed by atoms with van der Waals surface area (Å²) in [4.78, 5) is 26.2. The molecule has 0 radical (unpaired) electrons. The van der Waals surface area contributed by atoms with E-state index < -0.39 is 6.04 Å². The Labute approximate surface area is 224 Å². The van der Waals surface area contributed by atoms with Gasteiger partial charge in [0.15, 0.2) is 0 Å². The van der Waals surface area contributed by atoms with Crippen LogP contribution >= 0.6 is 0 Å². The molecule has 2 amide bonds. The molecular formula is C29H39FN4O4. The summed E-state index contributed by atoms with van der Waals surface area (Å²) >= 11 is 0. The molecule has 0 saturated carbocycles. The predicted molar refractivity (Wildman–Crippen MR) is 147 cm³/mol. The molecule has 0 aliphatic carbocycles. The van der Waals surface area contributed by atoms with E-state index in [2.05, 4.69) is 29.9 Å². The molecule has 206 valence electrons. The average Bonchev–Trinajstić information content (AvgIpc) is 3.27. The number of rotatable bonds is 12. The first-order valence-corrected chi connectivity index (χ1v) is 12.9. The predicted octanol–water partition coefficient (Wildman–Crippen LogP) is 4.59. The molecule has 0 aromatic heterocycles. The fraction of sp³-hybridized carbons (Fsp3) is 0.448. The van der Waals surface area contributed by atoms with Crippen molar-refractivity contribution in [2.45, 2.75) is 52.6 Å². The maximum atomic E-state index is 13.5. The van der Waals surface area contributed by atoms with E-state index in [1.54, 1.807) is 14.2 Å². The number of ether oxygens (including phenoxy) is 2. The number of hydrazine groups is 1. The monoisotopic (exact) mass is 526 g/mol. The molecule has 2 aromatic rings. The summed E-state index contributed by atoms with van der Waals surface area (Å²) in [6.45, 7) is 8.95. The van der Waals surface area contributed by atoms with E-state index >= 15 is 0 Å². The number of hydrogen-bond acceptors (Lipinski definition) is 6. The molecule has 1 heterocycles. The van der Waals surface area contributed by atoms with Crippen molar-refractivity contribution in [3.8, 4) is 11.5 Å². The van der Waals surface area contributed by atoms with Crippen molar-refractivity contribution < 1.29 is 23.5 Å². The Kier molecular flexibility index (Phi) is 10.1. The second kappa shape index (κ2) is 13.3. The SMILES string of the molecule is COc1cccc(OC)c1C1=CC(C(=O)N[C@H](CC(=O)Nc2ccc(F)cc2)CC(C)C)NN1CC(C)C. The number of anilines is 1. The normalized spacial score (nSPS) is 15.9. The lowest BCUT2D eigenvalue weighted by Gasteiger charge is -2.28. The van der Waals surface area contributed by atoms with Crippen LogP contribution in [0.15, 0.2) is 48.5 Å². The van der Waals surface area contributed by atoms with Crippen LogP contribution in [0.1, 0.15) is 46.1 Å². The fourth-order valence-electron chi connectivity index (χ4n) is 4.52. The van der Waals surface area contributed by atoms with Crippen molar-refractivity contribution in [3.05, 3.63) is 59.9 Å². The third-order valence-electron chi connectivity index (χ3n) is 6.09. The first-order valence-electron chi connectivity index (χ1n) is 12.9. The topological polar surface area (TPSA) is 91.9 Å². The molecule has 0 fully saturated rings. The lowest BCUT2D eigenvalue weighted by atomic mass is 10.00. The molecule has 2 aromatic carbocycles. The van der Waals surface area contributed by atoms with Gasteiger partial charge in [0, 0.05) is 24.7 Å². The minimum absolute atomic E-state index is 0.0978. The van der Waals surface area contributed by atoms with Crippen LogP contribution in [0.25, 0.3) is 5.70 Å². The van der Waals surface area contributed by atoms with Gasteiger partial charge in [0.1, 0.15) is 23.4 Å². The van der Waals surface area contributed by atoms with Crippen molar-refractivity contribution in [1.29, 1.82) is 0 Å². The fourth-order valence-corrected chi connectivity index (χ4v) is 4.52. The van der Waals surface area contributed by atoms with Crippen molar-refractivity contribution in [3.63, 3.8) is 0 Å². The van der Waals surface area contributed by atoms with Gasteiger partial charge in [0.05, 0.1) is 25.5 Å². The highest BCUT2D eigenvalue weighted by atomic mass is 19.1. The molecule has 1 aliphatic rings. The maximum Gasteiger partial charge on any atom is 0.243 e. The van der Waals surface area contributed by atoms with Crippen LogP contribution in [0.5, 0.6) is 11.5 Å². The van der Waals surface area contributed by atoms with Crippen molar-refractivity contribution in [2.75, 3.05) is 26.1 Å². The second-order valence-corrected chi connectivity index (χ2v) is 10.3. The molecule has 9 heteroatoms. The average molecular weight is 527 g/mol. The van der Waals surface area contributed by atoms with E-state index in [4.69, 9.17) is 9.47 Å². The van der Waals surface area contributed by atoms with Gasteiger partial charge in [-0.05, 0) is 60.7 Å². The van der Waals surface area contributed by atoms with Crippen molar-refractivity contribution in [1.82, 2.24) is 15.8 Å². The Balaban J connectivity index is 1.80. The Bertz CT molecular complexity index is 1110. The van der Waals surface area contributed by atoms with Gasteiger partial charge in [0.25, 0.3) is 0 Å². The molecule has 8 nitrogen and oxygen atoms in total. The van der Waals surface area contributed by atoms with E-state index in [0.29, 0.717) is 36.1 Å². The summed E-state index contributed by atoms with van der Waals surface area (Å²) in [6, 6.07) is 10.2. The summed E-state index contributed by atoms with van der Waals surface area (Å²) in [6.07, 6.45) is 2.59. The Morgan fingerprint density at radius 1 is 1.00 bits per heavy atom.